The van der Waals surface area contributed by atoms with Gasteiger partial charge in [0.05, 0.1) is 6.54 Å². The van der Waals surface area contributed by atoms with E-state index in [4.69, 9.17) is 0 Å². The molecule has 0 atom stereocenters. The summed E-state index contributed by atoms with van der Waals surface area (Å²) >= 11 is 5.14. The van der Waals surface area contributed by atoms with Gasteiger partial charge in [-0.25, -0.2) is 0 Å². The normalized spacial score (nSPS) is 10.9. The molecule has 0 aliphatic carbocycles. The van der Waals surface area contributed by atoms with Crippen LogP contribution in [0.4, 0.5) is 0 Å². The van der Waals surface area contributed by atoms with Gasteiger partial charge in [0.15, 0.2) is 0 Å². The molecule has 0 aliphatic heterocycles. The number of hydrogen-bond donors (Lipinski definition) is 0. The van der Waals surface area contributed by atoms with Gasteiger partial charge in [0, 0.05) is 27.7 Å². The van der Waals surface area contributed by atoms with Crippen LogP contribution in [0.25, 0.3) is 0 Å². The SMILES string of the molecule is CCCC(=O)CN(C)Cc1cc(Br)cs1. The summed E-state index contributed by atoms with van der Waals surface area (Å²) in [7, 11) is 1.99. The van der Waals surface area contributed by atoms with Gasteiger partial charge < -0.3 is 0 Å². The lowest BCUT2D eigenvalue weighted by Gasteiger charge is -2.14. The predicted molar refractivity (Wildman–Crippen MR) is 68.3 cm³/mol. The lowest BCUT2D eigenvalue weighted by molar-refractivity contribution is -0.120. The molecule has 0 saturated carbocycles. The van der Waals surface area contributed by atoms with Crippen molar-refractivity contribution in [1.29, 1.82) is 0 Å². The molecule has 15 heavy (non-hydrogen) atoms. The van der Waals surface area contributed by atoms with E-state index in [1.54, 1.807) is 11.3 Å². The molecular weight excluding hydrogens is 274 g/mol. The fraction of sp³-hybridized carbons (Fsp3) is 0.545. The maximum absolute atomic E-state index is 11.4. The molecule has 2 nitrogen and oxygen atoms in total. The van der Waals surface area contributed by atoms with Crippen LogP contribution in [-0.2, 0) is 11.3 Å². The van der Waals surface area contributed by atoms with E-state index in [-0.39, 0.29) is 0 Å². The van der Waals surface area contributed by atoms with Crippen molar-refractivity contribution in [2.24, 2.45) is 0 Å². The van der Waals surface area contributed by atoms with E-state index in [0.29, 0.717) is 18.7 Å². The zero-order valence-corrected chi connectivity index (χ0v) is 11.5. The quantitative estimate of drug-likeness (QED) is 0.801. The largest absolute Gasteiger partial charge is 0.298 e. The van der Waals surface area contributed by atoms with Gasteiger partial charge in [-0.15, -0.1) is 11.3 Å². The highest BCUT2D eigenvalue weighted by Gasteiger charge is 2.07. The molecule has 1 aromatic rings. The summed E-state index contributed by atoms with van der Waals surface area (Å²) < 4.78 is 1.12. The summed E-state index contributed by atoms with van der Waals surface area (Å²) in [6.07, 6.45) is 1.63. The van der Waals surface area contributed by atoms with Crippen LogP contribution in [-0.4, -0.2) is 24.3 Å². The lowest BCUT2D eigenvalue weighted by Crippen LogP contribution is -2.24. The van der Waals surface area contributed by atoms with E-state index in [1.807, 2.05) is 14.0 Å². The van der Waals surface area contributed by atoms with Gasteiger partial charge in [-0.2, -0.15) is 0 Å². The number of Topliss-reactive ketones (excluding diaryl/α,β-unsaturated/α-hetero) is 1. The van der Waals surface area contributed by atoms with Crippen LogP contribution < -0.4 is 0 Å². The van der Waals surface area contributed by atoms with E-state index >= 15 is 0 Å². The number of thiophene rings is 1. The zero-order chi connectivity index (χ0) is 11.3. The molecule has 4 heteroatoms. The van der Waals surface area contributed by atoms with Gasteiger partial charge in [0.1, 0.15) is 5.78 Å². The molecule has 1 heterocycles. The van der Waals surface area contributed by atoms with E-state index in [9.17, 15) is 4.79 Å². The molecule has 0 spiro atoms. The highest BCUT2D eigenvalue weighted by atomic mass is 79.9. The van der Waals surface area contributed by atoms with Gasteiger partial charge in [-0.3, -0.25) is 9.69 Å². The molecule has 0 aromatic carbocycles. The minimum absolute atomic E-state index is 0.329. The summed E-state index contributed by atoms with van der Waals surface area (Å²) in [6, 6.07) is 2.10. The van der Waals surface area contributed by atoms with Crippen molar-refractivity contribution in [3.05, 3.63) is 20.8 Å². The fourth-order valence-corrected chi connectivity index (χ4v) is 2.95. The maximum Gasteiger partial charge on any atom is 0.146 e. The van der Waals surface area contributed by atoms with Crippen LogP contribution in [0, 0.1) is 0 Å². The van der Waals surface area contributed by atoms with Crippen molar-refractivity contribution >= 4 is 33.0 Å². The first-order chi connectivity index (χ1) is 7.11. The third-order valence-corrected chi connectivity index (χ3v) is 3.70. The first kappa shape index (κ1) is 12.9. The highest BCUT2D eigenvalue weighted by Crippen LogP contribution is 2.20. The van der Waals surface area contributed by atoms with Crippen molar-refractivity contribution < 1.29 is 4.79 Å². The second kappa shape index (κ2) is 6.40. The van der Waals surface area contributed by atoms with Crippen molar-refractivity contribution in [3.63, 3.8) is 0 Å². The lowest BCUT2D eigenvalue weighted by atomic mass is 10.2. The number of halogens is 1. The van der Waals surface area contributed by atoms with Crippen LogP contribution in [0.5, 0.6) is 0 Å². The number of likely N-dealkylation sites (N-methyl/N-ethyl adjacent to an activating group) is 1. The van der Waals surface area contributed by atoms with Crippen molar-refractivity contribution in [1.82, 2.24) is 4.90 Å². The van der Waals surface area contributed by atoms with Crippen molar-refractivity contribution in [3.8, 4) is 0 Å². The number of nitrogens with zero attached hydrogens (tertiary/aromatic N) is 1. The average Bonchev–Trinajstić information content (AvgIpc) is 2.51. The highest BCUT2D eigenvalue weighted by molar-refractivity contribution is 9.10. The standard InChI is InChI=1S/C11H16BrNOS/c1-3-4-10(14)6-13(2)7-11-5-9(12)8-15-11/h5,8H,3-4,6-7H2,1-2H3. The van der Waals surface area contributed by atoms with Crippen molar-refractivity contribution in [2.75, 3.05) is 13.6 Å². The fourth-order valence-electron chi connectivity index (χ4n) is 1.42. The molecule has 1 rings (SSSR count). The molecule has 0 unspecified atom stereocenters. The molecule has 0 N–H and O–H groups in total. The Hall–Kier alpha value is -0.190. The molecule has 84 valence electrons. The minimum Gasteiger partial charge on any atom is -0.298 e. The topological polar surface area (TPSA) is 20.3 Å². The summed E-state index contributed by atoms with van der Waals surface area (Å²) in [6.45, 7) is 3.45. The van der Waals surface area contributed by atoms with Crippen LogP contribution in [0.3, 0.4) is 0 Å². The Labute approximate surface area is 103 Å². The van der Waals surface area contributed by atoms with Crippen LogP contribution >= 0.6 is 27.3 Å². The summed E-state index contributed by atoms with van der Waals surface area (Å²) in [5.41, 5.74) is 0. The van der Waals surface area contributed by atoms with E-state index < -0.39 is 0 Å². The monoisotopic (exact) mass is 289 g/mol. The first-order valence-electron chi connectivity index (χ1n) is 5.05. The number of hydrogen-bond acceptors (Lipinski definition) is 3. The van der Waals surface area contributed by atoms with Crippen molar-refractivity contribution in [2.45, 2.75) is 26.3 Å². The zero-order valence-electron chi connectivity index (χ0n) is 9.12. The Morgan fingerprint density at radius 2 is 2.33 bits per heavy atom. The first-order valence-corrected chi connectivity index (χ1v) is 6.72. The Balaban J connectivity index is 2.35. The van der Waals surface area contributed by atoms with Gasteiger partial charge in [-0.05, 0) is 35.5 Å². The predicted octanol–water partition coefficient (Wildman–Crippen LogP) is 3.31. The van der Waals surface area contributed by atoms with Gasteiger partial charge >= 0.3 is 0 Å². The Morgan fingerprint density at radius 1 is 1.60 bits per heavy atom. The third kappa shape index (κ3) is 4.91. The number of carbonyl (C=O) groups excluding carboxylic acids is 1. The molecule has 0 saturated heterocycles. The number of carbonyl (C=O) groups is 1. The van der Waals surface area contributed by atoms with Crippen LogP contribution in [0.1, 0.15) is 24.6 Å². The van der Waals surface area contributed by atoms with Crippen LogP contribution in [0.15, 0.2) is 15.9 Å². The molecular formula is C11H16BrNOS. The Bertz CT molecular complexity index is 324. The Kier molecular flexibility index (Phi) is 5.50. The number of ketones is 1. The second-order valence-electron chi connectivity index (χ2n) is 3.69. The molecule has 0 amide bonds. The van der Waals surface area contributed by atoms with Gasteiger partial charge in [-0.1, -0.05) is 6.92 Å². The molecule has 0 aliphatic rings. The van der Waals surface area contributed by atoms with Gasteiger partial charge in [0.25, 0.3) is 0 Å². The Morgan fingerprint density at radius 3 is 2.87 bits per heavy atom. The van der Waals surface area contributed by atoms with Crippen LogP contribution in [0.2, 0.25) is 0 Å². The third-order valence-electron chi connectivity index (χ3n) is 2.02. The molecule has 1 aromatic heterocycles. The number of rotatable bonds is 6. The van der Waals surface area contributed by atoms with E-state index in [2.05, 4.69) is 32.3 Å². The summed E-state index contributed by atoms with van der Waals surface area (Å²) in [5.74, 6) is 0.329. The minimum atomic E-state index is 0.329. The average molecular weight is 290 g/mol. The molecule has 0 radical (unpaired) electrons. The van der Waals surface area contributed by atoms with E-state index in [1.165, 1.54) is 4.88 Å². The maximum atomic E-state index is 11.4. The van der Waals surface area contributed by atoms with Gasteiger partial charge in [0.2, 0.25) is 0 Å². The second-order valence-corrected chi connectivity index (χ2v) is 5.60. The summed E-state index contributed by atoms with van der Waals surface area (Å²) in [5, 5.41) is 2.07. The molecule has 0 bridgehead atoms. The summed E-state index contributed by atoms with van der Waals surface area (Å²) in [4.78, 5) is 14.8. The molecule has 0 fully saturated rings. The van der Waals surface area contributed by atoms with E-state index in [0.717, 1.165) is 17.4 Å². The smallest absolute Gasteiger partial charge is 0.146 e.